The molecule has 0 saturated heterocycles. The Hall–Kier alpha value is -2.90. The first-order valence-corrected chi connectivity index (χ1v) is 5.59. The number of carbonyl (C=O) groups is 1. The highest BCUT2D eigenvalue weighted by molar-refractivity contribution is 5.85. The van der Waals surface area contributed by atoms with E-state index in [9.17, 15) is 14.9 Å². The number of ether oxygens (including phenoxy) is 1. The third-order valence-corrected chi connectivity index (χ3v) is 2.67. The number of carboxylic acid groups (broad SMARTS) is 1. The van der Waals surface area contributed by atoms with Gasteiger partial charge in [-0.05, 0) is 12.1 Å². The van der Waals surface area contributed by atoms with Crippen LogP contribution < -0.4 is 4.74 Å². The van der Waals surface area contributed by atoms with E-state index in [1.165, 1.54) is 42.3 Å². The Balaban J connectivity index is 2.32. The fourth-order valence-corrected chi connectivity index (χ4v) is 1.74. The number of aromatic nitrogens is 2. The number of rotatable bonds is 5. The fourth-order valence-electron chi connectivity index (χ4n) is 1.74. The van der Waals surface area contributed by atoms with Crippen LogP contribution >= 0.6 is 0 Å². The van der Waals surface area contributed by atoms with Crippen LogP contribution in [0.25, 0.3) is 0 Å². The van der Waals surface area contributed by atoms with Gasteiger partial charge in [0.1, 0.15) is 5.75 Å². The molecule has 0 radical (unpaired) electrons. The predicted octanol–water partition coefficient (Wildman–Crippen LogP) is 1.55. The van der Waals surface area contributed by atoms with Gasteiger partial charge in [0.2, 0.25) is 0 Å². The van der Waals surface area contributed by atoms with Crippen molar-refractivity contribution in [2.75, 3.05) is 7.11 Å². The number of nitrogens with zero attached hydrogens (tertiary/aromatic N) is 3. The standard InChI is InChI=1S/C12H11N3O5/c1-20-11-3-2-9(15(18)19)6-8(11)7-14-5-4-10(13-14)12(16)17/h2-6H,7H2,1H3,(H,16,17). The molecule has 0 aliphatic heterocycles. The summed E-state index contributed by atoms with van der Waals surface area (Å²) in [5.41, 5.74) is 0.391. The number of hydrogen-bond acceptors (Lipinski definition) is 5. The van der Waals surface area contributed by atoms with Crippen molar-refractivity contribution in [1.29, 1.82) is 0 Å². The van der Waals surface area contributed by atoms with Crippen LogP contribution in [0.15, 0.2) is 30.5 Å². The largest absolute Gasteiger partial charge is 0.496 e. The SMILES string of the molecule is COc1ccc([N+](=O)[O-])cc1Cn1ccc(C(=O)O)n1. The highest BCUT2D eigenvalue weighted by atomic mass is 16.6. The number of hydrogen-bond donors (Lipinski definition) is 1. The molecule has 2 rings (SSSR count). The lowest BCUT2D eigenvalue weighted by atomic mass is 10.2. The lowest BCUT2D eigenvalue weighted by Crippen LogP contribution is -2.05. The average molecular weight is 277 g/mol. The van der Waals surface area contributed by atoms with Crippen molar-refractivity contribution in [3.05, 3.63) is 51.8 Å². The Morgan fingerprint density at radius 1 is 1.50 bits per heavy atom. The Morgan fingerprint density at radius 2 is 2.25 bits per heavy atom. The molecule has 0 bridgehead atoms. The minimum atomic E-state index is -1.13. The van der Waals surface area contributed by atoms with E-state index in [-0.39, 0.29) is 17.9 Å². The zero-order chi connectivity index (χ0) is 14.7. The van der Waals surface area contributed by atoms with Crippen LogP contribution in [-0.4, -0.2) is 32.9 Å². The molecular formula is C12H11N3O5. The number of carboxylic acids is 1. The zero-order valence-corrected chi connectivity index (χ0v) is 10.5. The Kier molecular flexibility index (Phi) is 3.65. The third kappa shape index (κ3) is 2.74. The van der Waals surface area contributed by atoms with Gasteiger partial charge in [0, 0.05) is 23.9 Å². The first kappa shape index (κ1) is 13.5. The molecule has 20 heavy (non-hydrogen) atoms. The van der Waals surface area contributed by atoms with Gasteiger partial charge in [-0.1, -0.05) is 0 Å². The first-order chi connectivity index (χ1) is 9.51. The molecule has 0 atom stereocenters. The molecule has 8 nitrogen and oxygen atoms in total. The van der Waals surface area contributed by atoms with E-state index in [0.717, 1.165) is 0 Å². The zero-order valence-electron chi connectivity index (χ0n) is 10.5. The monoisotopic (exact) mass is 277 g/mol. The Morgan fingerprint density at radius 3 is 2.80 bits per heavy atom. The van der Waals surface area contributed by atoms with Crippen LogP contribution in [-0.2, 0) is 6.54 Å². The van der Waals surface area contributed by atoms with Crippen molar-refractivity contribution in [2.45, 2.75) is 6.54 Å². The van der Waals surface area contributed by atoms with Gasteiger partial charge in [0.05, 0.1) is 18.6 Å². The van der Waals surface area contributed by atoms with Crippen LogP contribution in [0.2, 0.25) is 0 Å². The van der Waals surface area contributed by atoms with E-state index >= 15 is 0 Å². The molecule has 1 aromatic carbocycles. The van der Waals surface area contributed by atoms with Gasteiger partial charge in [0.15, 0.2) is 5.69 Å². The smallest absolute Gasteiger partial charge is 0.356 e. The summed E-state index contributed by atoms with van der Waals surface area (Å²) in [4.78, 5) is 21.0. The van der Waals surface area contributed by atoms with Crippen molar-refractivity contribution < 1.29 is 19.6 Å². The van der Waals surface area contributed by atoms with Gasteiger partial charge in [-0.25, -0.2) is 4.79 Å². The predicted molar refractivity (Wildman–Crippen MR) is 67.9 cm³/mol. The molecule has 8 heteroatoms. The van der Waals surface area contributed by atoms with Gasteiger partial charge < -0.3 is 9.84 Å². The highest BCUT2D eigenvalue weighted by Crippen LogP contribution is 2.24. The maximum atomic E-state index is 10.8. The second-order valence-electron chi connectivity index (χ2n) is 3.96. The molecule has 0 saturated carbocycles. The van der Waals surface area contributed by atoms with Crippen molar-refractivity contribution in [1.82, 2.24) is 9.78 Å². The van der Waals surface area contributed by atoms with Crippen LogP contribution in [0.1, 0.15) is 16.1 Å². The number of nitro groups is 1. The number of nitro benzene ring substituents is 1. The summed E-state index contributed by atoms with van der Waals surface area (Å²) in [5.74, 6) is -0.655. The molecule has 1 aromatic heterocycles. The molecule has 1 heterocycles. The van der Waals surface area contributed by atoms with Crippen LogP contribution in [0, 0.1) is 10.1 Å². The van der Waals surface area contributed by atoms with Gasteiger partial charge in [0.25, 0.3) is 5.69 Å². The quantitative estimate of drug-likeness (QED) is 0.656. The van der Waals surface area contributed by atoms with Crippen molar-refractivity contribution in [3.63, 3.8) is 0 Å². The second kappa shape index (κ2) is 5.39. The lowest BCUT2D eigenvalue weighted by Gasteiger charge is -2.08. The number of benzene rings is 1. The van der Waals surface area contributed by atoms with Crippen LogP contribution in [0.4, 0.5) is 5.69 Å². The molecule has 0 aliphatic carbocycles. The molecule has 0 unspecified atom stereocenters. The van der Waals surface area contributed by atoms with Gasteiger partial charge in [-0.15, -0.1) is 0 Å². The molecule has 0 spiro atoms. The van der Waals surface area contributed by atoms with Crippen molar-refractivity contribution in [3.8, 4) is 5.75 Å². The molecule has 104 valence electrons. The van der Waals surface area contributed by atoms with Gasteiger partial charge >= 0.3 is 5.97 Å². The van der Waals surface area contributed by atoms with Crippen molar-refractivity contribution >= 4 is 11.7 Å². The maximum Gasteiger partial charge on any atom is 0.356 e. The summed E-state index contributed by atoms with van der Waals surface area (Å²) in [6.07, 6.45) is 1.49. The maximum absolute atomic E-state index is 10.8. The van der Waals surface area contributed by atoms with Crippen LogP contribution in [0.5, 0.6) is 5.75 Å². The normalized spacial score (nSPS) is 10.2. The minimum absolute atomic E-state index is 0.0635. The number of non-ortho nitro benzene ring substituents is 1. The van der Waals surface area contributed by atoms with E-state index < -0.39 is 10.9 Å². The third-order valence-electron chi connectivity index (χ3n) is 2.67. The topological polar surface area (TPSA) is 107 Å². The van der Waals surface area contributed by atoms with Gasteiger partial charge in [-0.2, -0.15) is 5.10 Å². The summed E-state index contributed by atoms with van der Waals surface area (Å²) < 4.78 is 6.51. The van der Waals surface area contributed by atoms with Crippen LogP contribution in [0.3, 0.4) is 0 Å². The summed E-state index contributed by atoms with van der Waals surface area (Å²) in [6.45, 7) is 0.179. The Bertz CT molecular complexity index is 665. The van der Waals surface area contributed by atoms with E-state index in [4.69, 9.17) is 9.84 Å². The first-order valence-electron chi connectivity index (χ1n) is 5.59. The summed E-state index contributed by atoms with van der Waals surface area (Å²) in [5, 5.41) is 23.4. The van der Waals surface area contributed by atoms with E-state index in [1.54, 1.807) is 0 Å². The van der Waals surface area contributed by atoms with Crippen molar-refractivity contribution in [2.24, 2.45) is 0 Å². The van der Waals surface area contributed by atoms with E-state index in [0.29, 0.717) is 11.3 Å². The molecule has 0 amide bonds. The second-order valence-corrected chi connectivity index (χ2v) is 3.96. The van der Waals surface area contributed by atoms with Gasteiger partial charge in [-0.3, -0.25) is 14.8 Å². The summed E-state index contributed by atoms with van der Waals surface area (Å²) in [6, 6.07) is 5.57. The summed E-state index contributed by atoms with van der Waals surface area (Å²) >= 11 is 0. The number of methoxy groups -OCH3 is 1. The lowest BCUT2D eigenvalue weighted by molar-refractivity contribution is -0.384. The summed E-state index contributed by atoms with van der Waals surface area (Å²) in [7, 11) is 1.45. The van der Waals surface area contributed by atoms with E-state index in [1.807, 2.05) is 0 Å². The Labute approximate surface area is 113 Å². The minimum Gasteiger partial charge on any atom is -0.496 e. The van der Waals surface area contributed by atoms with E-state index in [2.05, 4.69) is 5.10 Å². The molecule has 0 aliphatic rings. The fraction of sp³-hybridized carbons (Fsp3) is 0.167. The molecule has 2 aromatic rings. The number of aromatic carboxylic acids is 1. The highest BCUT2D eigenvalue weighted by Gasteiger charge is 2.13. The average Bonchev–Trinajstić information content (AvgIpc) is 2.87. The molecule has 0 fully saturated rings. The molecular weight excluding hydrogens is 266 g/mol. The molecule has 1 N–H and O–H groups in total.